The maximum atomic E-state index is 13.1. The van der Waals surface area contributed by atoms with Crippen molar-refractivity contribution in [1.29, 1.82) is 0 Å². The number of hydrogen-bond acceptors (Lipinski definition) is 4. The molecule has 1 aliphatic heterocycles. The summed E-state index contributed by atoms with van der Waals surface area (Å²) >= 11 is 6.24. The fourth-order valence-electron chi connectivity index (χ4n) is 4.77. The molecule has 5 nitrogen and oxygen atoms in total. The minimum absolute atomic E-state index is 0.112. The van der Waals surface area contributed by atoms with Crippen LogP contribution < -0.4 is 14.8 Å². The summed E-state index contributed by atoms with van der Waals surface area (Å²) in [6.07, 6.45) is 5.30. The van der Waals surface area contributed by atoms with Gasteiger partial charge in [-0.15, -0.1) is 0 Å². The summed E-state index contributed by atoms with van der Waals surface area (Å²) in [7, 11) is -3.73. The van der Waals surface area contributed by atoms with E-state index in [2.05, 4.69) is 28.3 Å². The summed E-state index contributed by atoms with van der Waals surface area (Å²) in [4.78, 5) is 0.247. The van der Waals surface area contributed by atoms with Crippen LogP contribution in [0.2, 0.25) is 5.02 Å². The van der Waals surface area contributed by atoms with Gasteiger partial charge < -0.3 is 10.1 Å². The highest BCUT2D eigenvalue weighted by Gasteiger charge is 2.38. The van der Waals surface area contributed by atoms with Crippen molar-refractivity contribution < 1.29 is 13.2 Å². The van der Waals surface area contributed by atoms with Crippen molar-refractivity contribution in [2.45, 2.75) is 30.2 Å². The maximum absolute atomic E-state index is 13.1. The molecule has 0 saturated carbocycles. The Morgan fingerprint density at radius 2 is 1.91 bits per heavy atom. The Morgan fingerprint density at radius 3 is 2.67 bits per heavy atom. The highest BCUT2D eigenvalue weighted by Crippen LogP contribution is 2.50. The van der Waals surface area contributed by atoms with Crippen LogP contribution in [0.25, 0.3) is 0 Å². The molecule has 170 valence electrons. The van der Waals surface area contributed by atoms with Gasteiger partial charge in [0.15, 0.2) is 0 Å². The molecule has 0 radical (unpaired) electrons. The fraction of sp³-hybridized carbons (Fsp3) is 0.231. The number of rotatable bonds is 6. The zero-order valence-corrected chi connectivity index (χ0v) is 19.7. The van der Waals surface area contributed by atoms with Crippen molar-refractivity contribution >= 4 is 33.0 Å². The highest BCUT2D eigenvalue weighted by atomic mass is 35.5. The molecular weight excluding hydrogens is 456 g/mol. The number of sulfonamides is 1. The molecule has 1 heterocycles. The Morgan fingerprint density at radius 1 is 1.09 bits per heavy atom. The molecule has 3 unspecified atom stereocenters. The third-order valence-corrected chi connectivity index (χ3v) is 7.88. The highest BCUT2D eigenvalue weighted by molar-refractivity contribution is 7.92. The molecule has 0 aromatic heterocycles. The van der Waals surface area contributed by atoms with E-state index < -0.39 is 10.0 Å². The van der Waals surface area contributed by atoms with Crippen LogP contribution in [0, 0.1) is 5.92 Å². The van der Waals surface area contributed by atoms with Gasteiger partial charge >= 0.3 is 0 Å². The summed E-state index contributed by atoms with van der Waals surface area (Å²) < 4.78 is 34.3. The number of hydrogen-bond donors (Lipinski definition) is 2. The Bertz CT molecular complexity index is 1310. The van der Waals surface area contributed by atoms with E-state index in [1.807, 2.05) is 31.2 Å². The molecule has 7 heteroatoms. The van der Waals surface area contributed by atoms with Crippen LogP contribution in [-0.4, -0.2) is 15.0 Å². The molecule has 2 aliphatic rings. The molecule has 0 saturated heterocycles. The van der Waals surface area contributed by atoms with Crippen LogP contribution >= 0.6 is 11.6 Å². The average molecular weight is 481 g/mol. The van der Waals surface area contributed by atoms with Crippen molar-refractivity contribution in [3.8, 4) is 5.75 Å². The first-order chi connectivity index (χ1) is 15.9. The van der Waals surface area contributed by atoms with E-state index >= 15 is 0 Å². The second kappa shape index (κ2) is 8.76. The van der Waals surface area contributed by atoms with Gasteiger partial charge in [0.05, 0.1) is 17.5 Å². The van der Waals surface area contributed by atoms with Crippen LogP contribution in [0.4, 0.5) is 11.4 Å². The Hall–Kier alpha value is -2.96. The molecule has 33 heavy (non-hydrogen) atoms. The molecule has 3 aromatic rings. The van der Waals surface area contributed by atoms with Crippen molar-refractivity contribution in [3.63, 3.8) is 0 Å². The molecule has 0 spiro atoms. The largest absolute Gasteiger partial charge is 0.494 e. The Balaban J connectivity index is 1.44. The SMILES string of the molecule is CCOc1ccc(NS(=O)(=O)c2ccc3c(c2)C2C=CCC2C(c2cccc(Cl)c2)N3)cc1. The Kier molecular flexibility index (Phi) is 5.81. The van der Waals surface area contributed by atoms with Gasteiger partial charge in [-0.25, -0.2) is 8.42 Å². The first kappa shape index (κ1) is 21.9. The molecule has 2 N–H and O–H groups in total. The normalized spacial score (nSPS) is 21.1. The van der Waals surface area contributed by atoms with Crippen molar-refractivity contribution in [1.82, 2.24) is 0 Å². The second-order valence-corrected chi connectivity index (χ2v) is 10.5. The van der Waals surface area contributed by atoms with Crippen molar-refractivity contribution in [2.75, 3.05) is 16.6 Å². The van der Waals surface area contributed by atoms with E-state index in [1.165, 1.54) is 0 Å². The molecule has 3 aromatic carbocycles. The summed E-state index contributed by atoms with van der Waals surface area (Å²) in [5, 5.41) is 4.34. The lowest BCUT2D eigenvalue weighted by atomic mass is 9.77. The van der Waals surface area contributed by atoms with Crippen LogP contribution in [0.15, 0.2) is 83.8 Å². The number of anilines is 2. The lowest BCUT2D eigenvalue weighted by Gasteiger charge is -2.37. The molecule has 0 bridgehead atoms. The maximum Gasteiger partial charge on any atom is 0.261 e. The molecular formula is C26H25ClN2O3S. The summed E-state index contributed by atoms with van der Waals surface area (Å²) in [6.45, 7) is 2.46. The lowest BCUT2D eigenvalue weighted by Crippen LogP contribution is -2.29. The summed E-state index contributed by atoms with van der Waals surface area (Å²) in [5.74, 6) is 1.15. The quantitative estimate of drug-likeness (QED) is 0.402. The van der Waals surface area contributed by atoms with Gasteiger partial charge in [0.1, 0.15) is 5.75 Å². The zero-order valence-electron chi connectivity index (χ0n) is 18.2. The summed E-state index contributed by atoms with van der Waals surface area (Å²) in [5.41, 5.74) is 3.59. The Labute approximate surface area is 199 Å². The van der Waals surface area contributed by atoms with Gasteiger partial charge in [-0.1, -0.05) is 35.9 Å². The monoisotopic (exact) mass is 480 g/mol. The molecule has 0 fully saturated rings. The zero-order chi connectivity index (χ0) is 23.0. The smallest absolute Gasteiger partial charge is 0.261 e. The first-order valence-electron chi connectivity index (χ1n) is 11.0. The number of fused-ring (bicyclic) bond motifs is 3. The van der Waals surface area contributed by atoms with Crippen molar-refractivity contribution in [2.24, 2.45) is 5.92 Å². The van der Waals surface area contributed by atoms with Gasteiger partial charge in [-0.3, -0.25) is 4.72 Å². The fourth-order valence-corrected chi connectivity index (χ4v) is 6.06. The predicted molar refractivity (Wildman–Crippen MR) is 133 cm³/mol. The number of nitrogens with one attached hydrogen (secondary N) is 2. The predicted octanol–water partition coefficient (Wildman–Crippen LogP) is 6.37. The van der Waals surface area contributed by atoms with Crippen LogP contribution in [0.3, 0.4) is 0 Å². The summed E-state index contributed by atoms with van der Waals surface area (Å²) in [6, 6.07) is 20.3. The molecule has 0 amide bonds. The van der Waals surface area contributed by atoms with E-state index in [4.69, 9.17) is 16.3 Å². The lowest BCUT2D eigenvalue weighted by molar-refractivity contribution is 0.340. The second-order valence-electron chi connectivity index (χ2n) is 8.34. The van der Waals surface area contributed by atoms with E-state index in [0.29, 0.717) is 29.0 Å². The average Bonchev–Trinajstić information content (AvgIpc) is 3.30. The number of benzene rings is 3. The topological polar surface area (TPSA) is 67.4 Å². The third-order valence-electron chi connectivity index (χ3n) is 6.27. The van der Waals surface area contributed by atoms with Crippen LogP contribution in [0.5, 0.6) is 5.75 Å². The minimum Gasteiger partial charge on any atom is -0.494 e. The van der Waals surface area contributed by atoms with E-state index in [-0.39, 0.29) is 16.9 Å². The number of ether oxygens (including phenoxy) is 1. The molecule has 3 atom stereocenters. The van der Waals surface area contributed by atoms with Crippen LogP contribution in [0.1, 0.15) is 36.4 Å². The minimum atomic E-state index is -3.73. The van der Waals surface area contributed by atoms with Gasteiger partial charge in [0.2, 0.25) is 0 Å². The van der Waals surface area contributed by atoms with E-state index in [0.717, 1.165) is 23.2 Å². The number of halogens is 1. The number of allylic oxidation sites excluding steroid dienone is 2. The van der Waals surface area contributed by atoms with E-state index in [9.17, 15) is 8.42 Å². The van der Waals surface area contributed by atoms with Crippen LogP contribution in [-0.2, 0) is 10.0 Å². The van der Waals surface area contributed by atoms with E-state index in [1.54, 1.807) is 36.4 Å². The van der Waals surface area contributed by atoms with Gasteiger partial charge in [0.25, 0.3) is 10.0 Å². The molecule has 5 rings (SSSR count). The van der Waals surface area contributed by atoms with Gasteiger partial charge in [-0.2, -0.15) is 0 Å². The first-order valence-corrected chi connectivity index (χ1v) is 12.9. The van der Waals surface area contributed by atoms with Gasteiger partial charge in [-0.05, 0) is 85.0 Å². The van der Waals surface area contributed by atoms with Crippen molar-refractivity contribution in [3.05, 3.63) is 95.0 Å². The molecule has 1 aliphatic carbocycles. The van der Waals surface area contributed by atoms with Gasteiger partial charge in [0, 0.05) is 22.3 Å². The third kappa shape index (κ3) is 4.33. The standard InChI is InChI=1S/C26H25ClN2O3S/c1-2-32-20-11-9-19(10-12-20)29-33(30,31)21-13-14-25-24(16-21)22-7-4-8-23(22)26(28-25)17-5-3-6-18(27)15-17/h3-7,9-16,22-23,26,28-29H,2,8H2,1H3.